The van der Waals surface area contributed by atoms with E-state index in [0.29, 0.717) is 0 Å². The Morgan fingerprint density at radius 2 is 2.00 bits per heavy atom. The molecule has 0 N–H and O–H groups in total. The minimum atomic E-state index is 0.847. The Kier molecular flexibility index (Phi) is 7.34. The number of hydrogen-bond donors (Lipinski definition) is 0. The van der Waals surface area contributed by atoms with Crippen molar-refractivity contribution in [3.63, 3.8) is 0 Å². The van der Waals surface area contributed by atoms with Gasteiger partial charge in [0.25, 0.3) is 0 Å². The van der Waals surface area contributed by atoms with Crippen LogP contribution in [0.15, 0.2) is 0 Å². The van der Waals surface area contributed by atoms with E-state index in [1.807, 2.05) is 11.8 Å². The molecule has 9 heavy (non-hydrogen) atoms. The Bertz CT molecular complexity index is 48.9. The van der Waals surface area contributed by atoms with Gasteiger partial charge in [-0.15, -0.1) is 11.8 Å². The van der Waals surface area contributed by atoms with Gasteiger partial charge in [-0.05, 0) is 18.4 Å². The fraction of sp³-hybridized carbons (Fsp3) is 1.00. The van der Waals surface area contributed by atoms with Crippen LogP contribution in [0.3, 0.4) is 0 Å². The summed E-state index contributed by atoms with van der Waals surface area (Å²) in [5.74, 6) is 1.26. The first-order valence-electron chi connectivity index (χ1n) is 3.49. The van der Waals surface area contributed by atoms with Crippen molar-refractivity contribution in [2.75, 3.05) is 12.0 Å². The molecule has 0 nitrogen and oxygen atoms in total. The molecule has 0 spiro atoms. The van der Waals surface area contributed by atoms with Crippen LogP contribution in [0.4, 0.5) is 0 Å². The van der Waals surface area contributed by atoms with Gasteiger partial charge in [-0.1, -0.05) is 20.3 Å². The molecular formula is C7H16S2. The predicted octanol–water partition coefficient (Wildman–Crippen LogP) is 3.23. The van der Waals surface area contributed by atoms with Crippen molar-refractivity contribution in [2.24, 2.45) is 0 Å². The Morgan fingerprint density at radius 1 is 1.33 bits per heavy atom. The van der Waals surface area contributed by atoms with Crippen LogP contribution in [0, 0.1) is 0 Å². The van der Waals surface area contributed by atoms with Gasteiger partial charge in [-0.25, -0.2) is 0 Å². The minimum absolute atomic E-state index is 0.847. The van der Waals surface area contributed by atoms with Crippen molar-refractivity contribution in [2.45, 2.75) is 31.3 Å². The van der Waals surface area contributed by atoms with E-state index < -0.39 is 0 Å². The van der Waals surface area contributed by atoms with Crippen molar-refractivity contribution in [1.29, 1.82) is 0 Å². The molecule has 0 rings (SSSR count). The fourth-order valence-electron chi connectivity index (χ4n) is 0.691. The van der Waals surface area contributed by atoms with Crippen molar-refractivity contribution in [3.05, 3.63) is 0 Å². The van der Waals surface area contributed by atoms with E-state index in [4.69, 9.17) is 0 Å². The normalized spacial score (nSPS) is 13.7. The second-order valence-electron chi connectivity index (χ2n) is 1.91. The number of rotatable bonds is 5. The molecule has 0 bridgehead atoms. The maximum Gasteiger partial charge on any atom is 0.0499 e. The zero-order chi connectivity index (χ0) is 7.11. The van der Waals surface area contributed by atoms with Crippen molar-refractivity contribution < 1.29 is 0 Å². The van der Waals surface area contributed by atoms with Crippen LogP contribution in [0.1, 0.15) is 26.7 Å². The van der Waals surface area contributed by atoms with E-state index >= 15 is 0 Å². The molecule has 0 amide bonds. The molecule has 0 saturated heterocycles. The van der Waals surface area contributed by atoms with E-state index in [2.05, 4.69) is 31.9 Å². The first-order chi connectivity index (χ1) is 4.35. The largest absolute Gasteiger partial charge is 0.151 e. The second-order valence-corrected chi connectivity index (χ2v) is 4.73. The van der Waals surface area contributed by atoms with Crippen molar-refractivity contribution in [3.8, 4) is 0 Å². The zero-order valence-electron chi connectivity index (χ0n) is 6.52. The lowest BCUT2D eigenvalue weighted by atomic mass is 10.4. The van der Waals surface area contributed by atoms with Gasteiger partial charge in [-0.2, -0.15) is 11.8 Å². The third kappa shape index (κ3) is 5.16. The summed E-state index contributed by atoms with van der Waals surface area (Å²) in [5.41, 5.74) is 0. The molecule has 0 fully saturated rings. The molecule has 0 aromatic rings. The summed E-state index contributed by atoms with van der Waals surface area (Å²) in [7, 11) is 0. The monoisotopic (exact) mass is 164 g/mol. The lowest BCUT2D eigenvalue weighted by molar-refractivity contribution is 0.871. The molecule has 0 aromatic heterocycles. The van der Waals surface area contributed by atoms with Crippen LogP contribution in [-0.4, -0.2) is 16.6 Å². The third-order valence-corrected chi connectivity index (χ3v) is 3.83. The zero-order valence-corrected chi connectivity index (χ0v) is 8.15. The molecule has 0 aromatic carbocycles. The van der Waals surface area contributed by atoms with Gasteiger partial charge < -0.3 is 0 Å². The topological polar surface area (TPSA) is 0 Å². The minimum Gasteiger partial charge on any atom is -0.151 e. The molecule has 1 atom stereocenters. The lowest BCUT2D eigenvalue weighted by Gasteiger charge is -2.09. The number of thioether (sulfide) groups is 2. The molecule has 0 aliphatic rings. The summed E-state index contributed by atoms with van der Waals surface area (Å²) >= 11 is 4.05. The van der Waals surface area contributed by atoms with E-state index in [9.17, 15) is 0 Å². The lowest BCUT2D eigenvalue weighted by Crippen LogP contribution is -1.94. The van der Waals surface area contributed by atoms with Gasteiger partial charge in [0.2, 0.25) is 0 Å². The van der Waals surface area contributed by atoms with Crippen LogP contribution in [-0.2, 0) is 0 Å². The standard InChI is InChI=1S/C7H16S2/c1-4-6-7(8-3)9-5-2/h7H,4-6H2,1-3H3. The Labute approximate surface area is 67.2 Å². The summed E-state index contributed by atoms with van der Waals surface area (Å²) in [6.45, 7) is 4.48. The Balaban J connectivity index is 3.18. The first kappa shape index (κ1) is 9.70. The van der Waals surface area contributed by atoms with Crippen LogP contribution in [0.25, 0.3) is 0 Å². The first-order valence-corrected chi connectivity index (χ1v) is 5.83. The average molecular weight is 164 g/mol. The quantitative estimate of drug-likeness (QED) is 0.572. The van der Waals surface area contributed by atoms with Crippen LogP contribution >= 0.6 is 23.5 Å². The maximum absolute atomic E-state index is 2.25. The Hall–Kier alpha value is 0.700. The number of hydrogen-bond acceptors (Lipinski definition) is 2. The summed E-state index contributed by atoms with van der Waals surface area (Å²) in [6.07, 6.45) is 4.88. The molecule has 1 unspecified atom stereocenters. The second kappa shape index (κ2) is 6.81. The summed E-state index contributed by atoms with van der Waals surface area (Å²) in [4.78, 5) is 0. The Morgan fingerprint density at radius 3 is 2.33 bits per heavy atom. The summed E-state index contributed by atoms with van der Waals surface area (Å²) < 4.78 is 0.847. The molecular weight excluding hydrogens is 148 g/mol. The molecule has 56 valence electrons. The molecule has 0 aliphatic carbocycles. The van der Waals surface area contributed by atoms with E-state index in [-0.39, 0.29) is 0 Å². The van der Waals surface area contributed by atoms with Gasteiger partial charge >= 0.3 is 0 Å². The van der Waals surface area contributed by atoms with Crippen LogP contribution < -0.4 is 0 Å². The van der Waals surface area contributed by atoms with Crippen molar-refractivity contribution in [1.82, 2.24) is 0 Å². The van der Waals surface area contributed by atoms with Gasteiger partial charge in [-0.3, -0.25) is 0 Å². The van der Waals surface area contributed by atoms with Crippen LogP contribution in [0.5, 0.6) is 0 Å². The smallest absolute Gasteiger partial charge is 0.0499 e. The van der Waals surface area contributed by atoms with Gasteiger partial charge in [0, 0.05) is 4.58 Å². The highest BCUT2D eigenvalue weighted by Gasteiger charge is 2.02. The van der Waals surface area contributed by atoms with Crippen molar-refractivity contribution >= 4 is 23.5 Å². The van der Waals surface area contributed by atoms with Gasteiger partial charge in [0.1, 0.15) is 0 Å². The highest BCUT2D eigenvalue weighted by Crippen LogP contribution is 2.24. The molecule has 0 radical (unpaired) electrons. The van der Waals surface area contributed by atoms with E-state index in [0.717, 1.165) is 4.58 Å². The van der Waals surface area contributed by atoms with Crippen LogP contribution in [0.2, 0.25) is 0 Å². The highest BCUT2D eigenvalue weighted by molar-refractivity contribution is 8.16. The van der Waals surface area contributed by atoms with E-state index in [1.54, 1.807) is 0 Å². The van der Waals surface area contributed by atoms with Gasteiger partial charge in [0.15, 0.2) is 0 Å². The molecule has 0 saturated carbocycles. The SMILES string of the molecule is CCCC(SC)SCC. The van der Waals surface area contributed by atoms with Gasteiger partial charge in [0.05, 0.1) is 0 Å². The average Bonchev–Trinajstić information content (AvgIpc) is 1.88. The maximum atomic E-state index is 2.25. The summed E-state index contributed by atoms with van der Waals surface area (Å²) in [6, 6.07) is 0. The molecule has 0 aliphatic heterocycles. The fourth-order valence-corrected chi connectivity index (χ4v) is 2.89. The summed E-state index contributed by atoms with van der Waals surface area (Å²) in [5, 5.41) is 0. The predicted molar refractivity (Wildman–Crippen MR) is 50.3 cm³/mol. The molecule has 0 heterocycles. The highest BCUT2D eigenvalue weighted by atomic mass is 32.2. The third-order valence-electron chi connectivity index (χ3n) is 1.14. The molecule has 2 heteroatoms. The van der Waals surface area contributed by atoms with E-state index in [1.165, 1.54) is 18.6 Å².